The maximum absolute atomic E-state index is 5.47. The maximum Gasteiger partial charge on any atom is 0.239 e. The van der Waals surface area contributed by atoms with Crippen molar-refractivity contribution in [3.63, 3.8) is 0 Å². The van der Waals surface area contributed by atoms with Gasteiger partial charge in [0.1, 0.15) is 0 Å². The average Bonchev–Trinajstić information content (AvgIpc) is 3.46. The van der Waals surface area contributed by atoms with Crippen molar-refractivity contribution in [3.05, 3.63) is 65.6 Å². The average molecular weight is 435 g/mol. The van der Waals surface area contributed by atoms with Crippen LogP contribution in [0.25, 0.3) is 17.1 Å². The van der Waals surface area contributed by atoms with Gasteiger partial charge in [0.2, 0.25) is 5.89 Å². The summed E-state index contributed by atoms with van der Waals surface area (Å²) in [6.45, 7) is 8.41. The van der Waals surface area contributed by atoms with Gasteiger partial charge in [-0.2, -0.15) is 4.98 Å². The summed E-state index contributed by atoms with van der Waals surface area (Å²) in [5.74, 6) is 2.08. The lowest BCUT2D eigenvalue weighted by Gasteiger charge is -2.18. The number of benzene rings is 1. The van der Waals surface area contributed by atoms with E-state index in [-0.39, 0.29) is 5.25 Å². The Kier molecular flexibility index (Phi) is 6.46. The molecule has 3 heterocycles. The van der Waals surface area contributed by atoms with Crippen molar-refractivity contribution in [3.8, 4) is 17.1 Å². The van der Waals surface area contributed by atoms with Crippen molar-refractivity contribution < 1.29 is 4.52 Å². The Labute approximate surface area is 186 Å². The van der Waals surface area contributed by atoms with Crippen LogP contribution in [0.4, 0.5) is 0 Å². The van der Waals surface area contributed by atoms with Gasteiger partial charge in [-0.05, 0) is 43.0 Å². The van der Waals surface area contributed by atoms with Gasteiger partial charge >= 0.3 is 0 Å². The molecule has 7 nitrogen and oxygen atoms in total. The Morgan fingerprint density at radius 3 is 2.39 bits per heavy atom. The SMILES string of the molecule is CCc1noc(C(C)Sc2nnc(-c3cccnc3)n2-c2c(CC)cccc2CC)n1. The Bertz CT molecular complexity index is 1130. The molecule has 8 heteroatoms. The Hall–Kier alpha value is -3.00. The predicted molar refractivity (Wildman–Crippen MR) is 121 cm³/mol. The van der Waals surface area contributed by atoms with Crippen molar-refractivity contribution in [1.29, 1.82) is 0 Å². The molecule has 1 unspecified atom stereocenters. The molecule has 4 aromatic rings. The van der Waals surface area contributed by atoms with Gasteiger partial charge in [-0.3, -0.25) is 9.55 Å². The molecule has 0 bridgehead atoms. The van der Waals surface area contributed by atoms with Crippen molar-refractivity contribution in [2.24, 2.45) is 0 Å². The van der Waals surface area contributed by atoms with Crippen LogP contribution in [0.2, 0.25) is 0 Å². The first-order chi connectivity index (χ1) is 15.2. The number of aryl methyl sites for hydroxylation is 3. The number of pyridine rings is 1. The third kappa shape index (κ3) is 4.25. The van der Waals surface area contributed by atoms with Gasteiger partial charge in [0, 0.05) is 24.4 Å². The summed E-state index contributed by atoms with van der Waals surface area (Å²) < 4.78 is 7.63. The first-order valence-corrected chi connectivity index (χ1v) is 11.5. The zero-order chi connectivity index (χ0) is 21.8. The molecule has 0 spiro atoms. The lowest BCUT2D eigenvalue weighted by Crippen LogP contribution is -2.07. The van der Waals surface area contributed by atoms with E-state index >= 15 is 0 Å². The molecule has 0 aliphatic carbocycles. The first-order valence-electron chi connectivity index (χ1n) is 10.6. The van der Waals surface area contributed by atoms with Gasteiger partial charge in [0.05, 0.1) is 10.9 Å². The second-order valence-corrected chi connectivity index (χ2v) is 8.49. The van der Waals surface area contributed by atoms with E-state index in [1.54, 1.807) is 18.0 Å². The van der Waals surface area contributed by atoms with E-state index in [1.807, 2.05) is 32.2 Å². The smallest absolute Gasteiger partial charge is 0.239 e. The number of thioether (sulfide) groups is 1. The largest absolute Gasteiger partial charge is 0.338 e. The first kappa shape index (κ1) is 21.2. The molecule has 31 heavy (non-hydrogen) atoms. The zero-order valence-electron chi connectivity index (χ0n) is 18.2. The fourth-order valence-corrected chi connectivity index (χ4v) is 4.40. The zero-order valence-corrected chi connectivity index (χ0v) is 19.1. The molecule has 0 N–H and O–H groups in total. The van der Waals surface area contributed by atoms with Crippen molar-refractivity contribution in [2.45, 2.75) is 57.4 Å². The molecule has 0 aliphatic rings. The van der Waals surface area contributed by atoms with Crippen molar-refractivity contribution in [1.82, 2.24) is 29.9 Å². The summed E-state index contributed by atoms with van der Waals surface area (Å²) in [5.41, 5.74) is 4.58. The number of rotatable bonds is 8. The van der Waals surface area contributed by atoms with E-state index in [2.05, 4.69) is 61.9 Å². The number of para-hydroxylation sites is 1. The highest BCUT2D eigenvalue weighted by Crippen LogP contribution is 2.38. The highest BCUT2D eigenvalue weighted by molar-refractivity contribution is 7.99. The monoisotopic (exact) mass is 434 g/mol. The fourth-order valence-electron chi connectivity index (χ4n) is 3.52. The molecule has 1 aromatic carbocycles. The van der Waals surface area contributed by atoms with E-state index in [0.29, 0.717) is 11.7 Å². The quantitative estimate of drug-likeness (QED) is 0.350. The molecule has 160 valence electrons. The summed E-state index contributed by atoms with van der Waals surface area (Å²) in [6.07, 6.45) is 6.16. The van der Waals surface area contributed by atoms with Crippen molar-refractivity contribution >= 4 is 11.8 Å². The summed E-state index contributed by atoms with van der Waals surface area (Å²) in [6, 6.07) is 10.4. The van der Waals surface area contributed by atoms with Crippen LogP contribution in [0, 0.1) is 0 Å². The number of nitrogens with zero attached hydrogens (tertiary/aromatic N) is 6. The highest BCUT2D eigenvalue weighted by Gasteiger charge is 2.24. The fraction of sp³-hybridized carbons (Fsp3) is 0.348. The molecule has 0 radical (unpaired) electrons. The molecule has 1 atom stereocenters. The van der Waals surface area contributed by atoms with Gasteiger partial charge in [0.15, 0.2) is 16.8 Å². The predicted octanol–water partition coefficient (Wildman–Crippen LogP) is 5.25. The van der Waals surface area contributed by atoms with Gasteiger partial charge in [-0.25, -0.2) is 0 Å². The normalized spacial score (nSPS) is 12.3. The van der Waals surface area contributed by atoms with Crippen LogP contribution in [0.15, 0.2) is 52.4 Å². The standard InChI is InChI=1S/C23H26N6OS/c1-5-16-10-8-11-17(6-2)20(16)29-21(18-12-9-13-24-14-18)26-27-23(29)31-15(4)22-25-19(7-3)28-30-22/h8-15H,5-7H2,1-4H3. The van der Waals surface area contributed by atoms with Crippen LogP contribution in [-0.4, -0.2) is 29.9 Å². The lowest BCUT2D eigenvalue weighted by atomic mass is 10.0. The van der Waals surface area contributed by atoms with Crippen LogP contribution in [0.5, 0.6) is 0 Å². The summed E-state index contributed by atoms with van der Waals surface area (Å²) in [5, 5.41) is 13.9. The molecule has 3 aromatic heterocycles. The van der Waals surface area contributed by atoms with Crippen LogP contribution < -0.4 is 0 Å². The summed E-state index contributed by atoms with van der Waals surface area (Å²) in [4.78, 5) is 8.78. The molecule has 0 saturated heterocycles. The third-order valence-corrected chi connectivity index (χ3v) is 6.20. The summed E-state index contributed by atoms with van der Waals surface area (Å²) in [7, 11) is 0. The molecule has 0 aliphatic heterocycles. The van der Waals surface area contributed by atoms with Crippen LogP contribution in [-0.2, 0) is 19.3 Å². The topological polar surface area (TPSA) is 82.5 Å². The molecular weight excluding hydrogens is 408 g/mol. The molecule has 0 saturated carbocycles. The number of hydrogen-bond acceptors (Lipinski definition) is 7. The Morgan fingerprint density at radius 1 is 1.00 bits per heavy atom. The van der Waals surface area contributed by atoms with E-state index in [1.165, 1.54) is 11.1 Å². The van der Waals surface area contributed by atoms with Crippen LogP contribution in [0.1, 0.15) is 55.8 Å². The van der Waals surface area contributed by atoms with E-state index in [9.17, 15) is 0 Å². The van der Waals surface area contributed by atoms with Crippen LogP contribution >= 0.6 is 11.8 Å². The molecular formula is C23H26N6OS. The highest BCUT2D eigenvalue weighted by atomic mass is 32.2. The maximum atomic E-state index is 5.47. The van der Waals surface area contributed by atoms with Gasteiger partial charge in [-0.1, -0.05) is 55.9 Å². The molecule has 0 fully saturated rings. The van der Waals surface area contributed by atoms with E-state index in [4.69, 9.17) is 4.52 Å². The minimum atomic E-state index is -0.0589. The van der Waals surface area contributed by atoms with Gasteiger partial charge < -0.3 is 4.52 Å². The number of hydrogen-bond donors (Lipinski definition) is 0. The molecule has 0 amide bonds. The second-order valence-electron chi connectivity index (χ2n) is 7.18. The lowest BCUT2D eigenvalue weighted by molar-refractivity contribution is 0.375. The van der Waals surface area contributed by atoms with Crippen LogP contribution in [0.3, 0.4) is 0 Å². The summed E-state index contributed by atoms with van der Waals surface area (Å²) >= 11 is 1.57. The van der Waals surface area contributed by atoms with Gasteiger partial charge in [-0.15, -0.1) is 10.2 Å². The third-order valence-electron chi connectivity index (χ3n) is 5.17. The van der Waals surface area contributed by atoms with Gasteiger partial charge in [0.25, 0.3) is 0 Å². The Balaban J connectivity index is 1.85. The molecule has 4 rings (SSSR count). The van der Waals surface area contributed by atoms with E-state index < -0.39 is 0 Å². The minimum Gasteiger partial charge on any atom is -0.338 e. The van der Waals surface area contributed by atoms with E-state index in [0.717, 1.165) is 41.5 Å². The van der Waals surface area contributed by atoms with Crippen molar-refractivity contribution in [2.75, 3.05) is 0 Å². The number of aromatic nitrogens is 6. The minimum absolute atomic E-state index is 0.0589. The Morgan fingerprint density at radius 2 is 1.77 bits per heavy atom. The second kappa shape index (κ2) is 9.43.